The van der Waals surface area contributed by atoms with Crippen LogP contribution in [-0.4, -0.2) is 11.7 Å². The lowest BCUT2D eigenvalue weighted by Crippen LogP contribution is -2.09. The van der Waals surface area contributed by atoms with Crippen molar-refractivity contribution in [3.8, 4) is 10.4 Å². The predicted molar refractivity (Wildman–Crippen MR) is 63.7 cm³/mol. The first kappa shape index (κ1) is 12.2. The zero-order valence-corrected chi connectivity index (χ0v) is 9.68. The van der Waals surface area contributed by atoms with E-state index in [1.54, 1.807) is 12.1 Å². The SMILES string of the molecule is NCC(O)c1ccc(-c2cc(F)cc(F)c2)s1. The van der Waals surface area contributed by atoms with Gasteiger partial charge in [0, 0.05) is 22.4 Å². The van der Waals surface area contributed by atoms with Gasteiger partial charge in [-0.2, -0.15) is 0 Å². The Hall–Kier alpha value is -1.30. The lowest BCUT2D eigenvalue weighted by Gasteiger charge is -2.03. The van der Waals surface area contributed by atoms with Gasteiger partial charge in [0.1, 0.15) is 17.7 Å². The van der Waals surface area contributed by atoms with E-state index in [2.05, 4.69) is 0 Å². The van der Waals surface area contributed by atoms with Crippen molar-refractivity contribution in [2.45, 2.75) is 6.10 Å². The Bertz CT molecular complexity index is 507. The summed E-state index contributed by atoms with van der Waals surface area (Å²) in [5, 5.41) is 9.54. The van der Waals surface area contributed by atoms with E-state index in [0.29, 0.717) is 15.3 Å². The fraction of sp³-hybridized carbons (Fsp3) is 0.167. The largest absolute Gasteiger partial charge is 0.386 e. The molecule has 0 aliphatic rings. The smallest absolute Gasteiger partial charge is 0.126 e. The minimum absolute atomic E-state index is 0.122. The highest BCUT2D eigenvalue weighted by Crippen LogP contribution is 2.31. The van der Waals surface area contributed by atoms with Crippen LogP contribution in [0.2, 0.25) is 0 Å². The van der Waals surface area contributed by atoms with Crippen molar-refractivity contribution in [3.05, 3.63) is 46.8 Å². The van der Waals surface area contributed by atoms with Crippen LogP contribution >= 0.6 is 11.3 Å². The first-order valence-electron chi connectivity index (χ1n) is 5.04. The molecule has 0 spiro atoms. The molecule has 1 aromatic heterocycles. The summed E-state index contributed by atoms with van der Waals surface area (Å²) in [7, 11) is 0. The van der Waals surface area contributed by atoms with E-state index in [1.807, 2.05) is 0 Å². The van der Waals surface area contributed by atoms with Crippen LogP contribution in [0.4, 0.5) is 8.78 Å². The molecule has 0 saturated carbocycles. The van der Waals surface area contributed by atoms with E-state index in [4.69, 9.17) is 5.73 Å². The Morgan fingerprint density at radius 2 is 1.82 bits per heavy atom. The van der Waals surface area contributed by atoms with E-state index in [1.165, 1.54) is 23.5 Å². The van der Waals surface area contributed by atoms with Crippen LogP contribution in [0.25, 0.3) is 10.4 Å². The van der Waals surface area contributed by atoms with E-state index in [9.17, 15) is 13.9 Å². The molecule has 1 aromatic carbocycles. The second-order valence-corrected chi connectivity index (χ2v) is 4.73. The third-order valence-corrected chi connectivity index (χ3v) is 3.56. The number of hydrogen-bond donors (Lipinski definition) is 2. The summed E-state index contributed by atoms with van der Waals surface area (Å²) in [6, 6.07) is 6.77. The first-order valence-corrected chi connectivity index (χ1v) is 5.86. The van der Waals surface area contributed by atoms with Gasteiger partial charge in [-0.15, -0.1) is 11.3 Å². The summed E-state index contributed by atoms with van der Waals surface area (Å²) >= 11 is 1.27. The van der Waals surface area contributed by atoms with Gasteiger partial charge >= 0.3 is 0 Å². The highest BCUT2D eigenvalue weighted by molar-refractivity contribution is 7.15. The van der Waals surface area contributed by atoms with Gasteiger partial charge in [0.05, 0.1) is 0 Å². The normalized spacial score (nSPS) is 12.7. The van der Waals surface area contributed by atoms with Gasteiger partial charge in [-0.1, -0.05) is 0 Å². The maximum atomic E-state index is 13.0. The van der Waals surface area contributed by atoms with Crippen molar-refractivity contribution in [2.24, 2.45) is 5.73 Å². The Morgan fingerprint density at radius 3 is 2.41 bits per heavy atom. The van der Waals surface area contributed by atoms with Crippen molar-refractivity contribution >= 4 is 11.3 Å². The van der Waals surface area contributed by atoms with Crippen LogP contribution in [0.3, 0.4) is 0 Å². The molecule has 0 amide bonds. The van der Waals surface area contributed by atoms with Crippen molar-refractivity contribution in [1.29, 1.82) is 0 Å². The molecular weight excluding hydrogens is 244 g/mol. The molecule has 3 N–H and O–H groups in total. The van der Waals surface area contributed by atoms with Crippen molar-refractivity contribution in [3.63, 3.8) is 0 Å². The Morgan fingerprint density at radius 1 is 1.18 bits per heavy atom. The molecule has 0 saturated heterocycles. The predicted octanol–water partition coefficient (Wildman–Crippen LogP) is 2.69. The number of aliphatic hydroxyl groups excluding tert-OH is 1. The summed E-state index contributed by atoms with van der Waals surface area (Å²) in [5.41, 5.74) is 5.80. The summed E-state index contributed by atoms with van der Waals surface area (Å²) in [5.74, 6) is -1.23. The monoisotopic (exact) mass is 255 g/mol. The molecule has 90 valence electrons. The Labute approximate surface area is 101 Å². The van der Waals surface area contributed by atoms with Crippen LogP contribution in [0, 0.1) is 11.6 Å². The summed E-state index contributed by atoms with van der Waals surface area (Å²) < 4.78 is 26.1. The Balaban J connectivity index is 2.36. The fourth-order valence-electron chi connectivity index (χ4n) is 1.50. The summed E-state index contributed by atoms with van der Waals surface area (Å²) in [6.45, 7) is 0.122. The molecule has 2 nitrogen and oxygen atoms in total. The molecule has 0 aliphatic carbocycles. The molecule has 17 heavy (non-hydrogen) atoms. The van der Waals surface area contributed by atoms with E-state index < -0.39 is 17.7 Å². The molecule has 0 bridgehead atoms. The van der Waals surface area contributed by atoms with Gasteiger partial charge < -0.3 is 10.8 Å². The molecule has 0 fully saturated rings. The molecule has 1 heterocycles. The van der Waals surface area contributed by atoms with Gasteiger partial charge in [-0.05, 0) is 29.8 Å². The van der Waals surface area contributed by atoms with Crippen molar-refractivity contribution in [1.82, 2.24) is 0 Å². The van der Waals surface area contributed by atoms with Crippen molar-refractivity contribution < 1.29 is 13.9 Å². The van der Waals surface area contributed by atoms with Gasteiger partial charge in [0.2, 0.25) is 0 Å². The second-order valence-electron chi connectivity index (χ2n) is 3.61. The van der Waals surface area contributed by atoms with Gasteiger partial charge in [-0.25, -0.2) is 8.78 Å². The average Bonchev–Trinajstić information content (AvgIpc) is 2.76. The molecule has 2 rings (SSSR count). The second kappa shape index (κ2) is 4.91. The number of rotatable bonds is 3. The minimum Gasteiger partial charge on any atom is -0.386 e. The number of hydrogen-bond acceptors (Lipinski definition) is 3. The molecule has 1 unspecified atom stereocenters. The summed E-state index contributed by atoms with van der Waals surface area (Å²) in [4.78, 5) is 1.39. The minimum atomic E-state index is -0.729. The van der Waals surface area contributed by atoms with Gasteiger partial charge in [0.25, 0.3) is 0 Å². The molecule has 0 aliphatic heterocycles. The lowest BCUT2D eigenvalue weighted by atomic mass is 10.2. The third kappa shape index (κ3) is 2.69. The fourth-order valence-corrected chi connectivity index (χ4v) is 2.49. The molecule has 0 radical (unpaired) electrons. The zero-order chi connectivity index (χ0) is 12.4. The van der Waals surface area contributed by atoms with Gasteiger partial charge in [0.15, 0.2) is 0 Å². The van der Waals surface area contributed by atoms with Crippen molar-refractivity contribution in [2.75, 3.05) is 6.54 Å². The molecule has 5 heteroatoms. The molecular formula is C12H11F2NOS. The van der Waals surface area contributed by atoms with Crippen LogP contribution < -0.4 is 5.73 Å². The van der Waals surface area contributed by atoms with Crippen LogP contribution in [-0.2, 0) is 0 Å². The topological polar surface area (TPSA) is 46.2 Å². The average molecular weight is 255 g/mol. The number of nitrogens with two attached hydrogens (primary N) is 1. The number of thiophene rings is 1. The molecule has 2 aromatic rings. The van der Waals surface area contributed by atoms with E-state index in [-0.39, 0.29) is 6.54 Å². The third-order valence-electron chi connectivity index (χ3n) is 2.33. The van der Waals surface area contributed by atoms with E-state index >= 15 is 0 Å². The van der Waals surface area contributed by atoms with Crippen LogP contribution in [0.5, 0.6) is 0 Å². The number of benzene rings is 1. The number of aliphatic hydroxyl groups is 1. The van der Waals surface area contributed by atoms with Crippen LogP contribution in [0.15, 0.2) is 30.3 Å². The highest BCUT2D eigenvalue weighted by atomic mass is 32.1. The first-order chi connectivity index (χ1) is 8.10. The van der Waals surface area contributed by atoms with Gasteiger partial charge in [-0.3, -0.25) is 0 Å². The van der Waals surface area contributed by atoms with Crippen LogP contribution in [0.1, 0.15) is 11.0 Å². The quantitative estimate of drug-likeness (QED) is 0.885. The summed E-state index contributed by atoms with van der Waals surface area (Å²) in [6.07, 6.45) is -0.729. The molecule has 1 atom stereocenters. The maximum absolute atomic E-state index is 13.0. The highest BCUT2D eigenvalue weighted by Gasteiger charge is 2.10. The maximum Gasteiger partial charge on any atom is 0.126 e. The standard InChI is InChI=1S/C12H11F2NOS/c13-8-3-7(4-9(14)5-8)11-1-2-12(17-11)10(16)6-15/h1-5,10,16H,6,15H2. The zero-order valence-electron chi connectivity index (χ0n) is 8.86. The lowest BCUT2D eigenvalue weighted by molar-refractivity contribution is 0.190. The van der Waals surface area contributed by atoms with E-state index in [0.717, 1.165) is 6.07 Å². The Kier molecular flexibility index (Phi) is 3.51. The number of halogens is 2.